The molecule has 6 nitrogen and oxygen atoms in total. The summed E-state index contributed by atoms with van der Waals surface area (Å²) >= 11 is 1.50. The third-order valence-electron chi connectivity index (χ3n) is 4.30. The third-order valence-corrected chi connectivity index (χ3v) is 5.13. The number of H-pyrrole nitrogens is 1. The van der Waals surface area contributed by atoms with Crippen molar-refractivity contribution in [2.45, 2.75) is 20.8 Å². The van der Waals surface area contributed by atoms with Crippen LogP contribution in [0.25, 0.3) is 21.3 Å². The number of hydrogen-bond acceptors (Lipinski definition) is 6. The molecule has 130 valence electrons. The fraction of sp³-hybridized carbons (Fsp3) is 0.158. The molecule has 0 bridgehead atoms. The highest BCUT2D eigenvalue weighted by atomic mass is 32.1. The van der Waals surface area contributed by atoms with Crippen molar-refractivity contribution in [2.24, 2.45) is 0 Å². The summed E-state index contributed by atoms with van der Waals surface area (Å²) in [6.07, 6.45) is 1.69. The van der Waals surface area contributed by atoms with Gasteiger partial charge in [0.2, 0.25) is 5.88 Å². The minimum absolute atomic E-state index is 0.175. The highest BCUT2D eigenvalue weighted by Gasteiger charge is 2.14. The van der Waals surface area contributed by atoms with Crippen molar-refractivity contribution in [3.8, 4) is 22.8 Å². The molecule has 7 heteroatoms. The molecular weight excluding hydrogens is 348 g/mol. The van der Waals surface area contributed by atoms with Crippen LogP contribution >= 0.6 is 11.3 Å². The molecule has 0 aliphatic rings. The van der Waals surface area contributed by atoms with Gasteiger partial charge in [-0.05, 0) is 50.1 Å². The van der Waals surface area contributed by atoms with Crippen LogP contribution in [0.5, 0.6) is 11.6 Å². The Hall–Kier alpha value is -3.06. The van der Waals surface area contributed by atoms with Gasteiger partial charge in [0.05, 0.1) is 16.7 Å². The molecule has 0 spiro atoms. The van der Waals surface area contributed by atoms with Crippen LogP contribution in [0.4, 0.5) is 0 Å². The van der Waals surface area contributed by atoms with Crippen molar-refractivity contribution in [1.29, 1.82) is 0 Å². The van der Waals surface area contributed by atoms with Crippen LogP contribution in [-0.2, 0) is 0 Å². The smallest absolute Gasteiger partial charge is 0.267 e. The number of aromatic nitrogens is 4. The number of nitrogens with zero attached hydrogens (tertiary/aromatic N) is 3. The summed E-state index contributed by atoms with van der Waals surface area (Å²) in [5, 5.41) is 6.60. The predicted molar refractivity (Wildman–Crippen MR) is 102 cm³/mol. The summed E-state index contributed by atoms with van der Waals surface area (Å²) in [5.74, 6) is 1.23. The maximum absolute atomic E-state index is 11.9. The Balaban J connectivity index is 1.75. The lowest BCUT2D eigenvalue weighted by molar-refractivity contribution is 0.469. The first kappa shape index (κ1) is 16.4. The molecular formula is C19H16N4O2S. The topological polar surface area (TPSA) is 80.8 Å². The highest BCUT2D eigenvalue weighted by Crippen LogP contribution is 2.33. The van der Waals surface area contributed by atoms with Gasteiger partial charge in [-0.25, -0.2) is 15.1 Å². The molecule has 3 heterocycles. The lowest BCUT2D eigenvalue weighted by atomic mass is 9.96. The molecule has 0 amide bonds. The fourth-order valence-electron chi connectivity index (χ4n) is 2.99. The summed E-state index contributed by atoms with van der Waals surface area (Å²) < 4.78 is 6.90. The molecule has 4 rings (SSSR count). The van der Waals surface area contributed by atoms with E-state index in [2.05, 4.69) is 20.2 Å². The lowest BCUT2D eigenvalue weighted by Crippen LogP contribution is -2.14. The zero-order valence-corrected chi connectivity index (χ0v) is 15.3. The van der Waals surface area contributed by atoms with E-state index in [9.17, 15) is 4.79 Å². The summed E-state index contributed by atoms with van der Waals surface area (Å²) in [6, 6.07) is 7.63. The maximum atomic E-state index is 11.9. The van der Waals surface area contributed by atoms with Crippen LogP contribution < -0.4 is 10.3 Å². The average molecular weight is 364 g/mol. The zero-order chi connectivity index (χ0) is 18.3. The molecule has 0 unspecified atom stereocenters. The van der Waals surface area contributed by atoms with E-state index in [4.69, 9.17) is 4.74 Å². The van der Waals surface area contributed by atoms with Crippen LogP contribution in [0.2, 0.25) is 0 Å². The van der Waals surface area contributed by atoms with E-state index < -0.39 is 0 Å². The second kappa shape index (κ2) is 6.34. The van der Waals surface area contributed by atoms with Crippen molar-refractivity contribution in [1.82, 2.24) is 20.2 Å². The number of benzene rings is 1. The maximum Gasteiger partial charge on any atom is 0.267 e. The molecule has 26 heavy (non-hydrogen) atoms. The fourth-order valence-corrected chi connectivity index (χ4v) is 3.70. The summed E-state index contributed by atoms with van der Waals surface area (Å²) in [4.78, 5) is 20.5. The van der Waals surface area contributed by atoms with Crippen LogP contribution in [0.15, 0.2) is 40.8 Å². The molecule has 1 N–H and O–H groups in total. The van der Waals surface area contributed by atoms with E-state index in [0.29, 0.717) is 17.2 Å². The first-order chi connectivity index (χ1) is 12.5. The second-order valence-corrected chi connectivity index (χ2v) is 6.89. The second-order valence-electron chi connectivity index (χ2n) is 6.03. The number of pyridine rings is 1. The molecule has 0 fully saturated rings. The minimum atomic E-state index is -0.175. The van der Waals surface area contributed by atoms with Crippen LogP contribution in [0.1, 0.15) is 16.8 Å². The number of aromatic amines is 1. The molecule has 0 aliphatic carbocycles. The van der Waals surface area contributed by atoms with Gasteiger partial charge in [-0.3, -0.25) is 4.79 Å². The van der Waals surface area contributed by atoms with Gasteiger partial charge < -0.3 is 4.74 Å². The van der Waals surface area contributed by atoms with Crippen LogP contribution in [0.3, 0.4) is 0 Å². The Morgan fingerprint density at radius 1 is 1.12 bits per heavy atom. The first-order valence-corrected chi connectivity index (χ1v) is 8.95. The molecule has 0 aliphatic heterocycles. The first-order valence-electron chi connectivity index (χ1n) is 8.07. The third kappa shape index (κ3) is 2.76. The summed E-state index contributed by atoms with van der Waals surface area (Å²) in [6.45, 7) is 5.68. The molecule has 0 saturated carbocycles. The number of fused-ring (bicyclic) bond motifs is 1. The van der Waals surface area contributed by atoms with Crippen molar-refractivity contribution >= 4 is 21.6 Å². The van der Waals surface area contributed by atoms with E-state index in [1.54, 1.807) is 18.6 Å². The number of ether oxygens (including phenoxy) is 1. The normalized spacial score (nSPS) is 11.0. The van der Waals surface area contributed by atoms with Gasteiger partial charge in [-0.1, -0.05) is 6.07 Å². The van der Waals surface area contributed by atoms with E-state index in [1.807, 2.05) is 38.1 Å². The Morgan fingerprint density at radius 3 is 2.77 bits per heavy atom. The standard InChI is InChI=1S/C19H16N4O2S/c1-10-8-13(25-19-17-15(6-7-20-19)21-9-26-17)4-5-14(10)16-11(2)18(24)23-22-12(16)3/h4-9H,1-3H3,(H,23,24). The van der Waals surface area contributed by atoms with Crippen molar-refractivity contribution in [2.75, 3.05) is 0 Å². The molecule has 3 aromatic heterocycles. The van der Waals surface area contributed by atoms with Gasteiger partial charge in [0.25, 0.3) is 5.56 Å². The van der Waals surface area contributed by atoms with Gasteiger partial charge in [-0.2, -0.15) is 5.10 Å². The monoisotopic (exact) mass is 364 g/mol. The predicted octanol–water partition coefficient (Wildman–Crippen LogP) is 4.16. The molecule has 0 atom stereocenters. The van der Waals surface area contributed by atoms with Crippen molar-refractivity contribution in [3.05, 3.63) is 63.1 Å². The van der Waals surface area contributed by atoms with Gasteiger partial charge in [0.1, 0.15) is 10.4 Å². The number of hydrogen-bond donors (Lipinski definition) is 1. The minimum Gasteiger partial charge on any atom is -0.438 e. The Morgan fingerprint density at radius 2 is 1.96 bits per heavy atom. The van der Waals surface area contributed by atoms with Crippen molar-refractivity contribution in [3.63, 3.8) is 0 Å². The van der Waals surface area contributed by atoms with E-state index >= 15 is 0 Å². The van der Waals surface area contributed by atoms with Crippen LogP contribution in [-0.4, -0.2) is 20.2 Å². The largest absolute Gasteiger partial charge is 0.438 e. The Labute approximate surface area is 153 Å². The van der Waals surface area contributed by atoms with Gasteiger partial charge in [0, 0.05) is 17.3 Å². The van der Waals surface area contributed by atoms with E-state index in [-0.39, 0.29) is 5.56 Å². The Kier molecular flexibility index (Phi) is 4.00. The molecule has 0 saturated heterocycles. The highest BCUT2D eigenvalue weighted by molar-refractivity contribution is 7.17. The summed E-state index contributed by atoms with van der Waals surface area (Å²) in [7, 11) is 0. The molecule has 1 aromatic carbocycles. The van der Waals surface area contributed by atoms with Gasteiger partial charge in [-0.15, -0.1) is 11.3 Å². The molecule has 0 radical (unpaired) electrons. The summed E-state index contributed by atoms with van der Waals surface area (Å²) in [5.41, 5.74) is 6.74. The number of thiazole rings is 1. The van der Waals surface area contributed by atoms with Gasteiger partial charge >= 0.3 is 0 Å². The zero-order valence-electron chi connectivity index (χ0n) is 14.5. The molecule has 4 aromatic rings. The average Bonchev–Trinajstić information content (AvgIpc) is 3.10. The van der Waals surface area contributed by atoms with Gasteiger partial charge in [0.15, 0.2) is 0 Å². The number of nitrogens with one attached hydrogen (secondary N) is 1. The Bertz CT molecular complexity index is 1180. The number of rotatable bonds is 3. The number of aryl methyl sites for hydroxylation is 2. The quantitative estimate of drug-likeness (QED) is 0.590. The van der Waals surface area contributed by atoms with Crippen LogP contribution in [0, 0.1) is 20.8 Å². The van der Waals surface area contributed by atoms with E-state index in [0.717, 1.165) is 32.6 Å². The van der Waals surface area contributed by atoms with E-state index in [1.165, 1.54) is 11.3 Å². The van der Waals surface area contributed by atoms with Crippen molar-refractivity contribution < 1.29 is 4.74 Å². The SMILES string of the molecule is Cc1cc(Oc2nccc3ncsc23)ccc1-c1c(C)n[nH]c(=O)c1C. The lowest BCUT2D eigenvalue weighted by Gasteiger charge is -2.13.